The van der Waals surface area contributed by atoms with Gasteiger partial charge in [0, 0.05) is 23.8 Å². The maximum Gasteiger partial charge on any atom is 0.278 e. The molecule has 0 saturated heterocycles. The van der Waals surface area contributed by atoms with E-state index in [0.717, 1.165) is 18.5 Å². The van der Waals surface area contributed by atoms with Gasteiger partial charge in [0.1, 0.15) is 5.52 Å². The SMILES string of the molecule is CCCCn1c(SCC(=O)Nc2nccs2)nc2cc(C)[nH]c2c1=O. The molecule has 0 aliphatic carbocycles. The molecule has 132 valence electrons. The molecule has 2 N–H and O–H groups in total. The van der Waals surface area contributed by atoms with E-state index in [1.807, 2.05) is 13.0 Å². The van der Waals surface area contributed by atoms with Gasteiger partial charge in [0.2, 0.25) is 5.91 Å². The number of aryl methyl sites for hydroxylation is 1. The van der Waals surface area contributed by atoms with E-state index in [2.05, 4.69) is 27.2 Å². The van der Waals surface area contributed by atoms with Crippen molar-refractivity contribution in [1.29, 1.82) is 0 Å². The third-order valence-corrected chi connectivity index (χ3v) is 5.25. The van der Waals surface area contributed by atoms with Gasteiger partial charge in [-0.2, -0.15) is 0 Å². The molecule has 0 unspecified atom stereocenters. The number of fused-ring (bicyclic) bond motifs is 1. The van der Waals surface area contributed by atoms with Crippen LogP contribution in [0.2, 0.25) is 0 Å². The molecule has 3 rings (SSSR count). The molecule has 3 aromatic rings. The highest BCUT2D eigenvalue weighted by molar-refractivity contribution is 7.99. The predicted molar refractivity (Wildman–Crippen MR) is 101 cm³/mol. The van der Waals surface area contributed by atoms with Gasteiger partial charge in [-0.05, 0) is 19.4 Å². The third kappa shape index (κ3) is 4.10. The largest absolute Gasteiger partial charge is 0.353 e. The second-order valence-corrected chi connectivity index (χ2v) is 7.43. The zero-order chi connectivity index (χ0) is 17.8. The second kappa shape index (κ2) is 7.83. The van der Waals surface area contributed by atoms with Crippen molar-refractivity contribution in [3.8, 4) is 0 Å². The molecule has 0 aromatic carbocycles. The van der Waals surface area contributed by atoms with Gasteiger partial charge in [0.05, 0.1) is 11.3 Å². The molecule has 0 atom stereocenters. The average molecular weight is 377 g/mol. The number of thiazole rings is 1. The van der Waals surface area contributed by atoms with Crippen LogP contribution >= 0.6 is 23.1 Å². The third-order valence-electron chi connectivity index (χ3n) is 3.58. The number of H-pyrrole nitrogens is 1. The zero-order valence-corrected chi connectivity index (χ0v) is 15.7. The number of carbonyl (C=O) groups is 1. The van der Waals surface area contributed by atoms with Crippen LogP contribution in [0.1, 0.15) is 25.5 Å². The molecule has 1 amide bonds. The molecule has 7 nitrogen and oxygen atoms in total. The van der Waals surface area contributed by atoms with Crippen molar-refractivity contribution in [2.45, 2.75) is 38.4 Å². The smallest absolute Gasteiger partial charge is 0.278 e. The summed E-state index contributed by atoms with van der Waals surface area (Å²) in [7, 11) is 0. The molecule has 25 heavy (non-hydrogen) atoms. The van der Waals surface area contributed by atoms with Crippen molar-refractivity contribution in [1.82, 2.24) is 19.5 Å². The summed E-state index contributed by atoms with van der Waals surface area (Å²) in [4.78, 5) is 36.5. The van der Waals surface area contributed by atoms with E-state index >= 15 is 0 Å². The zero-order valence-electron chi connectivity index (χ0n) is 14.0. The van der Waals surface area contributed by atoms with Crippen molar-refractivity contribution >= 4 is 45.2 Å². The van der Waals surface area contributed by atoms with Crippen LogP contribution in [0.5, 0.6) is 0 Å². The summed E-state index contributed by atoms with van der Waals surface area (Å²) in [5.74, 6) is 0.00847. The number of aromatic nitrogens is 4. The van der Waals surface area contributed by atoms with Crippen LogP contribution in [0.3, 0.4) is 0 Å². The number of hydrogen-bond donors (Lipinski definition) is 2. The Kier molecular flexibility index (Phi) is 5.54. The van der Waals surface area contributed by atoms with E-state index in [-0.39, 0.29) is 17.2 Å². The maximum atomic E-state index is 12.7. The lowest BCUT2D eigenvalue weighted by Crippen LogP contribution is -2.24. The minimum atomic E-state index is -0.165. The monoisotopic (exact) mass is 377 g/mol. The summed E-state index contributed by atoms with van der Waals surface area (Å²) in [6, 6.07) is 1.85. The van der Waals surface area contributed by atoms with Crippen LogP contribution in [0.25, 0.3) is 11.0 Å². The number of unbranched alkanes of at least 4 members (excludes halogenated alkanes) is 1. The maximum absolute atomic E-state index is 12.7. The standard InChI is InChI=1S/C16H19N5O2S2/c1-3-4-6-21-14(23)13-11(8-10(2)18-13)19-16(21)25-9-12(22)20-15-17-5-7-24-15/h5,7-8,18H,3-4,6,9H2,1-2H3,(H,17,20,22). The van der Waals surface area contributed by atoms with E-state index in [9.17, 15) is 9.59 Å². The summed E-state index contributed by atoms with van der Waals surface area (Å²) >= 11 is 2.64. The lowest BCUT2D eigenvalue weighted by Gasteiger charge is -2.11. The second-order valence-electron chi connectivity index (χ2n) is 5.59. The first-order chi connectivity index (χ1) is 12.1. The number of aromatic amines is 1. The van der Waals surface area contributed by atoms with Crippen LogP contribution in [-0.2, 0) is 11.3 Å². The number of carbonyl (C=O) groups excluding carboxylic acids is 1. The Balaban J connectivity index is 1.83. The Morgan fingerprint density at radius 2 is 2.32 bits per heavy atom. The molecular weight excluding hydrogens is 358 g/mol. The van der Waals surface area contributed by atoms with Gasteiger partial charge in [-0.1, -0.05) is 25.1 Å². The quantitative estimate of drug-likeness (QED) is 0.488. The highest BCUT2D eigenvalue weighted by atomic mass is 32.2. The number of nitrogens with zero attached hydrogens (tertiary/aromatic N) is 3. The van der Waals surface area contributed by atoms with Gasteiger partial charge in [-0.15, -0.1) is 11.3 Å². The molecule has 0 fully saturated rings. The van der Waals surface area contributed by atoms with E-state index in [4.69, 9.17) is 0 Å². The fourth-order valence-electron chi connectivity index (χ4n) is 2.41. The summed E-state index contributed by atoms with van der Waals surface area (Å²) in [5, 5.41) is 5.67. The minimum absolute atomic E-state index is 0.0885. The predicted octanol–water partition coefficient (Wildman–Crippen LogP) is 3.02. The Hall–Kier alpha value is -2.13. The molecule has 9 heteroatoms. The summed E-state index contributed by atoms with van der Waals surface area (Å²) in [6.45, 7) is 4.56. The first-order valence-corrected chi connectivity index (χ1v) is 9.87. The van der Waals surface area contributed by atoms with Crippen LogP contribution in [0, 0.1) is 6.92 Å². The number of anilines is 1. The van der Waals surface area contributed by atoms with Crippen molar-refractivity contribution in [3.63, 3.8) is 0 Å². The van der Waals surface area contributed by atoms with Gasteiger partial charge in [0.25, 0.3) is 5.56 Å². The molecule has 3 heterocycles. The van der Waals surface area contributed by atoms with Crippen molar-refractivity contribution in [2.24, 2.45) is 0 Å². The van der Waals surface area contributed by atoms with E-state index < -0.39 is 0 Å². The molecule has 3 aromatic heterocycles. The van der Waals surface area contributed by atoms with Gasteiger partial charge in [0.15, 0.2) is 10.3 Å². The Bertz CT molecular complexity index is 930. The highest BCUT2D eigenvalue weighted by Crippen LogP contribution is 2.19. The topological polar surface area (TPSA) is 92.7 Å². The molecule has 0 aliphatic heterocycles. The van der Waals surface area contributed by atoms with Crippen molar-refractivity contribution in [2.75, 3.05) is 11.1 Å². The number of nitrogens with one attached hydrogen (secondary N) is 2. The number of hydrogen-bond acceptors (Lipinski definition) is 6. The fraction of sp³-hybridized carbons (Fsp3) is 0.375. The number of amides is 1. The highest BCUT2D eigenvalue weighted by Gasteiger charge is 2.15. The molecule has 0 bridgehead atoms. The lowest BCUT2D eigenvalue weighted by atomic mass is 10.3. The van der Waals surface area contributed by atoms with Crippen molar-refractivity contribution in [3.05, 3.63) is 33.7 Å². The number of thioether (sulfide) groups is 1. The number of rotatable bonds is 7. The summed E-state index contributed by atoms with van der Waals surface area (Å²) < 4.78 is 1.66. The average Bonchev–Trinajstić information content (AvgIpc) is 3.21. The van der Waals surface area contributed by atoms with Crippen LogP contribution in [0.15, 0.2) is 27.6 Å². The van der Waals surface area contributed by atoms with Crippen LogP contribution in [0.4, 0.5) is 5.13 Å². The molecular formula is C16H19N5O2S2. The van der Waals surface area contributed by atoms with Crippen LogP contribution in [-0.4, -0.2) is 31.2 Å². The molecule has 0 radical (unpaired) electrons. The first kappa shape index (κ1) is 17.7. The Morgan fingerprint density at radius 1 is 1.48 bits per heavy atom. The fourth-order valence-corrected chi connectivity index (χ4v) is 3.78. The lowest BCUT2D eigenvalue weighted by molar-refractivity contribution is -0.113. The van der Waals surface area contributed by atoms with Gasteiger partial charge >= 0.3 is 0 Å². The van der Waals surface area contributed by atoms with Gasteiger partial charge in [-0.3, -0.25) is 14.2 Å². The summed E-state index contributed by atoms with van der Waals surface area (Å²) in [5.41, 5.74) is 1.96. The van der Waals surface area contributed by atoms with Gasteiger partial charge < -0.3 is 10.3 Å². The Labute approximate surface area is 152 Å². The minimum Gasteiger partial charge on any atom is -0.353 e. The van der Waals surface area contributed by atoms with Crippen molar-refractivity contribution < 1.29 is 4.79 Å². The molecule has 0 spiro atoms. The van der Waals surface area contributed by atoms with E-state index in [0.29, 0.717) is 27.9 Å². The van der Waals surface area contributed by atoms with Gasteiger partial charge in [-0.25, -0.2) is 9.97 Å². The molecule has 0 aliphatic rings. The summed E-state index contributed by atoms with van der Waals surface area (Å²) in [6.07, 6.45) is 3.49. The normalized spacial score (nSPS) is 11.1. The van der Waals surface area contributed by atoms with Crippen LogP contribution < -0.4 is 10.9 Å². The first-order valence-electron chi connectivity index (χ1n) is 8.00. The molecule has 0 saturated carbocycles. The Morgan fingerprint density at radius 3 is 3.04 bits per heavy atom. The van der Waals surface area contributed by atoms with E-state index in [1.54, 1.807) is 16.1 Å². The van der Waals surface area contributed by atoms with E-state index in [1.165, 1.54) is 23.1 Å².